The molecule has 0 amide bonds. The van der Waals surface area contributed by atoms with Gasteiger partial charge in [0.15, 0.2) is 0 Å². The Bertz CT molecular complexity index is 935. The first kappa shape index (κ1) is 19.4. The quantitative estimate of drug-likeness (QED) is 0.799. The lowest BCUT2D eigenvalue weighted by Crippen LogP contribution is -2.45. The van der Waals surface area contributed by atoms with Crippen molar-refractivity contribution in [3.05, 3.63) is 46.4 Å². The number of aliphatic hydroxyl groups is 1. The standard InChI is InChI=1S/C21H26N6O2/c22-12-15-7-8-19(23-13-15)24-14-16-4-1-2-11-26(16)20-9-10-21(29)27(25-20)17-5-3-6-18(17)28/h7-10,13,16-18,28H,1-6,11,14H2,(H,23,24). The lowest BCUT2D eigenvalue weighted by atomic mass is 10.0. The lowest BCUT2D eigenvalue weighted by Gasteiger charge is -2.37. The van der Waals surface area contributed by atoms with Gasteiger partial charge in [-0.25, -0.2) is 9.67 Å². The van der Waals surface area contributed by atoms with Gasteiger partial charge >= 0.3 is 0 Å². The molecule has 0 bridgehead atoms. The molecule has 152 valence electrons. The van der Waals surface area contributed by atoms with Gasteiger partial charge in [0.2, 0.25) is 0 Å². The van der Waals surface area contributed by atoms with E-state index in [9.17, 15) is 9.90 Å². The maximum atomic E-state index is 12.4. The third kappa shape index (κ3) is 4.25. The Kier molecular flexibility index (Phi) is 5.76. The van der Waals surface area contributed by atoms with E-state index in [1.807, 2.05) is 6.07 Å². The summed E-state index contributed by atoms with van der Waals surface area (Å²) in [7, 11) is 0. The zero-order valence-electron chi connectivity index (χ0n) is 16.4. The molecule has 4 rings (SSSR count). The number of hydrogen-bond acceptors (Lipinski definition) is 7. The van der Waals surface area contributed by atoms with Crippen LogP contribution in [-0.4, -0.2) is 45.1 Å². The van der Waals surface area contributed by atoms with Crippen LogP contribution in [0.3, 0.4) is 0 Å². The van der Waals surface area contributed by atoms with Crippen LogP contribution in [-0.2, 0) is 0 Å². The second-order valence-corrected chi connectivity index (χ2v) is 7.81. The first-order valence-electron chi connectivity index (χ1n) is 10.3. The number of anilines is 2. The summed E-state index contributed by atoms with van der Waals surface area (Å²) in [5.74, 6) is 1.52. The normalized spacial score (nSPS) is 24.3. The Hall–Kier alpha value is -2.92. The minimum atomic E-state index is -0.503. The highest BCUT2D eigenvalue weighted by molar-refractivity contribution is 5.42. The number of nitrogens with one attached hydrogen (secondary N) is 1. The Labute approximate surface area is 169 Å². The molecule has 2 aliphatic rings. The molecule has 8 heteroatoms. The number of hydrogen-bond donors (Lipinski definition) is 2. The molecule has 3 atom stereocenters. The molecule has 3 heterocycles. The van der Waals surface area contributed by atoms with Crippen molar-refractivity contribution >= 4 is 11.6 Å². The minimum Gasteiger partial charge on any atom is -0.391 e. The van der Waals surface area contributed by atoms with Crippen molar-refractivity contribution in [3.8, 4) is 6.07 Å². The smallest absolute Gasteiger partial charge is 0.267 e. The van der Waals surface area contributed by atoms with E-state index < -0.39 is 6.10 Å². The van der Waals surface area contributed by atoms with E-state index in [2.05, 4.69) is 26.4 Å². The maximum absolute atomic E-state index is 12.4. The number of rotatable bonds is 5. The predicted molar refractivity (Wildman–Crippen MR) is 110 cm³/mol. The van der Waals surface area contributed by atoms with Crippen molar-refractivity contribution in [1.82, 2.24) is 14.8 Å². The summed E-state index contributed by atoms with van der Waals surface area (Å²) in [6, 6.07) is 8.99. The van der Waals surface area contributed by atoms with E-state index in [1.54, 1.807) is 24.4 Å². The van der Waals surface area contributed by atoms with Crippen LogP contribution in [0.15, 0.2) is 35.3 Å². The molecule has 29 heavy (non-hydrogen) atoms. The number of nitrogens with zero attached hydrogens (tertiary/aromatic N) is 5. The third-order valence-corrected chi connectivity index (χ3v) is 5.90. The number of nitriles is 1. The predicted octanol–water partition coefficient (Wildman–Crippen LogP) is 2.07. The largest absolute Gasteiger partial charge is 0.391 e. The van der Waals surface area contributed by atoms with Crippen LogP contribution in [0.1, 0.15) is 50.1 Å². The molecule has 0 radical (unpaired) electrons. The van der Waals surface area contributed by atoms with Crippen LogP contribution >= 0.6 is 0 Å². The van der Waals surface area contributed by atoms with Crippen molar-refractivity contribution in [2.45, 2.75) is 56.7 Å². The van der Waals surface area contributed by atoms with Crippen molar-refractivity contribution < 1.29 is 5.11 Å². The van der Waals surface area contributed by atoms with Gasteiger partial charge in [-0.3, -0.25) is 4.79 Å². The van der Waals surface area contributed by atoms with Crippen LogP contribution < -0.4 is 15.8 Å². The van der Waals surface area contributed by atoms with Crippen molar-refractivity contribution in [2.75, 3.05) is 23.3 Å². The molecule has 1 saturated heterocycles. The van der Waals surface area contributed by atoms with Crippen LogP contribution in [0.2, 0.25) is 0 Å². The SMILES string of the molecule is N#Cc1ccc(NCC2CCCCN2c2ccc(=O)n(C3CCCC3O)n2)nc1. The fourth-order valence-corrected chi connectivity index (χ4v) is 4.31. The third-order valence-electron chi connectivity index (χ3n) is 5.90. The zero-order chi connectivity index (χ0) is 20.2. The lowest BCUT2D eigenvalue weighted by molar-refractivity contribution is 0.127. The van der Waals surface area contributed by atoms with E-state index >= 15 is 0 Å². The molecule has 0 spiro atoms. The molecule has 2 aromatic heterocycles. The molecule has 0 aromatic carbocycles. The molecule has 1 aliphatic heterocycles. The number of piperidine rings is 1. The van der Waals surface area contributed by atoms with Gasteiger partial charge in [0.05, 0.1) is 17.7 Å². The average molecular weight is 394 g/mol. The molecule has 8 nitrogen and oxygen atoms in total. The molecule has 1 saturated carbocycles. The van der Waals surface area contributed by atoms with E-state index in [-0.39, 0.29) is 17.6 Å². The van der Waals surface area contributed by atoms with Crippen LogP contribution in [0.5, 0.6) is 0 Å². The van der Waals surface area contributed by atoms with Gasteiger partial charge in [-0.1, -0.05) is 0 Å². The summed E-state index contributed by atoms with van der Waals surface area (Å²) in [6.07, 6.45) is 6.73. The Balaban J connectivity index is 1.51. The number of aromatic nitrogens is 3. The zero-order valence-corrected chi connectivity index (χ0v) is 16.4. The Morgan fingerprint density at radius 3 is 2.79 bits per heavy atom. The topological polar surface area (TPSA) is 107 Å². The maximum Gasteiger partial charge on any atom is 0.267 e. The minimum absolute atomic E-state index is 0.159. The highest BCUT2D eigenvalue weighted by atomic mass is 16.3. The molecular weight excluding hydrogens is 368 g/mol. The highest BCUT2D eigenvalue weighted by Crippen LogP contribution is 2.29. The molecule has 2 N–H and O–H groups in total. The summed E-state index contributed by atoms with van der Waals surface area (Å²) < 4.78 is 1.48. The van der Waals surface area contributed by atoms with Crippen molar-refractivity contribution in [2.24, 2.45) is 0 Å². The second-order valence-electron chi connectivity index (χ2n) is 7.81. The van der Waals surface area contributed by atoms with E-state index in [0.29, 0.717) is 12.1 Å². The fraction of sp³-hybridized carbons (Fsp3) is 0.524. The van der Waals surface area contributed by atoms with Gasteiger partial charge in [-0.15, -0.1) is 0 Å². The summed E-state index contributed by atoms with van der Waals surface area (Å²) in [5, 5.41) is 27.1. The molecule has 2 aromatic rings. The fourth-order valence-electron chi connectivity index (χ4n) is 4.31. The van der Waals surface area contributed by atoms with Gasteiger partial charge in [-0.05, 0) is 56.7 Å². The van der Waals surface area contributed by atoms with E-state index in [1.165, 1.54) is 4.68 Å². The van der Waals surface area contributed by atoms with Gasteiger partial charge < -0.3 is 15.3 Å². The number of aliphatic hydroxyl groups excluding tert-OH is 1. The summed E-state index contributed by atoms with van der Waals surface area (Å²) >= 11 is 0. The second kappa shape index (κ2) is 8.62. The monoisotopic (exact) mass is 394 g/mol. The van der Waals surface area contributed by atoms with Crippen LogP contribution in [0, 0.1) is 11.3 Å². The molecule has 1 aliphatic carbocycles. The highest BCUT2D eigenvalue weighted by Gasteiger charge is 2.30. The summed E-state index contributed by atoms with van der Waals surface area (Å²) in [4.78, 5) is 18.9. The Morgan fingerprint density at radius 1 is 1.17 bits per heavy atom. The van der Waals surface area contributed by atoms with Gasteiger partial charge in [0, 0.05) is 31.4 Å². The Morgan fingerprint density at radius 2 is 2.07 bits per heavy atom. The van der Waals surface area contributed by atoms with Gasteiger partial charge in [0.1, 0.15) is 17.7 Å². The van der Waals surface area contributed by atoms with Crippen molar-refractivity contribution in [3.63, 3.8) is 0 Å². The molecule has 3 unspecified atom stereocenters. The summed E-state index contributed by atoms with van der Waals surface area (Å²) in [5.41, 5.74) is 0.378. The van der Waals surface area contributed by atoms with E-state index in [0.717, 1.165) is 56.7 Å². The average Bonchev–Trinajstić information content (AvgIpc) is 3.19. The van der Waals surface area contributed by atoms with Crippen LogP contribution in [0.25, 0.3) is 0 Å². The first-order valence-corrected chi connectivity index (χ1v) is 10.3. The number of pyridine rings is 1. The molecular formula is C21H26N6O2. The van der Waals surface area contributed by atoms with E-state index in [4.69, 9.17) is 5.26 Å². The van der Waals surface area contributed by atoms with Crippen molar-refractivity contribution in [1.29, 1.82) is 5.26 Å². The van der Waals surface area contributed by atoms with Gasteiger partial charge in [0.25, 0.3) is 5.56 Å². The molecule has 2 fully saturated rings. The van der Waals surface area contributed by atoms with Crippen LogP contribution in [0.4, 0.5) is 11.6 Å². The summed E-state index contributed by atoms with van der Waals surface area (Å²) in [6.45, 7) is 1.58. The first-order chi connectivity index (χ1) is 14.2. The van der Waals surface area contributed by atoms with Gasteiger partial charge in [-0.2, -0.15) is 10.4 Å².